The molecule has 0 aliphatic rings. The predicted molar refractivity (Wildman–Crippen MR) is 105 cm³/mol. The Morgan fingerprint density at radius 2 is 1.81 bits per heavy atom. The fourth-order valence-corrected chi connectivity index (χ4v) is 3.10. The van der Waals surface area contributed by atoms with E-state index >= 15 is 0 Å². The number of hydrogen-bond acceptors (Lipinski definition) is 5. The zero-order valence-corrected chi connectivity index (χ0v) is 17.4. The van der Waals surface area contributed by atoms with Gasteiger partial charge in [0.1, 0.15) is 0 Å². The van der Waals surface area contributed by atoms with E-state index in [1.165, 1.54) is 0 Å². The van der Waals surface area contributed by atoms with E-state index in [1.807, 2.05) is 38.7 Å². The smallest absolute Gasteiger partial charge is 0.251 e. The molecule has 0 bridgehead atoms. The third-order valence-corrected chi connectivity index (χ3v) is 4.63. The van der Waals surface area contributed by atoms with E-state index in [0.717, 1.165) is 47.7 Å². The molecule has 7 heteroatoms. The van der Waals surface area contributed by atoms with Gasteiger partial charge in [-0.2, -0.15) is 5.10 Å². The Balaban J connectivity index is 2.25. The van der Waals surface area contributed by atoms with Gasteiger partial charge in [0.05, 0.1) is 18.7 Å². The number of hydrogen-bond donors (Lipinski definition) is 0. The van der Waals surface area contributed by atoms with Crippen molar-refractivity contribution in [3.05, 3.63) is 34.4 Å². The molecule has 2 rings (SSSR count). The first-order valence-electron chi connectivity index (χ1n) is 9.51. The zero-order valence-electron chi connectivity index (χ0n) is 17.4. The van der Waals surface area contributed by atoms with Gasteiger partial charge in [0.15, 0.2) is 0 Å². The van der Waals surface area contributed by atoms with E-state index in [9.17, 15) is 4.79 Å². The summed E-state index contributed by atoms with van der Waals surface area (Å²) in [5.41, 5.74) is 4.49. The molecule has 0 aromatic carbocycles. The molecule has 0 saturated heterocycles. The summed E-state index contributed by atoms with van der Waals surface area (Å²) in [5.74, 6) is 0.654. The average Bonchev–Trinajstić information content (AvgIpc) is 2.89. The Kier molecular flexibility index (Phi) is 7.47. The monoisotopic (exact) mass is 373 g/mol. The van der Waals surface area contributed by atoms with Crippen molar-refractivity contribution in [2.75, 3.05) is 26.8 Å². The van der Waals surface area contributed by atoms with E-state index in [-0.39, 0.29) is 5.91 Å². The van der Waals surface area contributed by atoms with Crippen LogP contribution in [0.4, 0.5) is 0 Å². The molecule has 0 saturated carbocycles. The summed E-state index contributed by atoms with van der Waals surface area (Å²) in [6.07, 6.45) is 2.37. The molecule has 2 aromatic heterocycles. The average molecular weight is 374 g/mol. The van der Waals surface area contributed by atoms with Gasteiger partial charge in [0, 0.05) is 42.8 Å². The number of carbonyl (C=O) groups is 1. The SMILES string of the molecule is CCCCN(CCOC)C(=O)Cc1c(C)nn(-c2nc(C)cc(C)n2)c1C. The Morgan fingerprint density at radius 1 is 1.15 bits per heavy atom. The van der Waals surface area contributed by atoms with Gasteiger partial charge >= 0.3 is 0 Å². The minimum absolute atomic E-state index is 0.104. The van der Waals surface area contributed by atoms with E-state index in [2.05, 4.69) is 22.0 Å². The quantitative estimate of drug-likeness (QED) is 0.676. The second-order valence-electron chi connectivity index (χ2n) is 6.92. The van der Waals surface area contributed by atoms with Crippen LogP contribution in [0.25, 0.3) is 5.95 Å². The van der Waals surface area contributed by atoms with Crippen molar-refractivity contribution in [1.29, 1.82) is 0 Å². The maximum Gasteiger partial charge on any atom is 0.251 e. The van der Waals surface area contributed by atoms with Crippen LogP contribution in [-0.2, 0) is 16.0 Å². The van der Waals surface area contributed by atoms with Crippen LogP contribution in [0, 0.1) is 27.7 Å². The maximum absolute atomic E-state index is 12.9. The van der Waals surface area contributed by atoms with Gasteiger partial charge in [0.2, 0.25) is 5.91 Å². The van der Waals surface area contributed by atoms with Gasteiger partial charge in [-0.05, 0) is 40.2 Å². The van der Waals surface area contributed by atoms with Crippen molar-refractivity contribution >= 4 is 5.91 Å². The first-order chi connectivity index (χ1) is 12.9. The fraction of sp³-hybridized carbons (Fsp3) is 0.600. The molecule has 0 aliphatic heterocycles. The first kappa shape index (κ1) is 21.0. The summed E-state index contributed by atoms with van der Waals surface area (Å²) in [4.78, 5) is 23.8. The molecule has 0 radical (unpaired) electrons. The second kappa shape index (κ2) is 9.60. The number of amides is 1. The molecular formula is C20H31N5O2. The summed E-state index contributed by atoms with van der Waals surface area (Å²) in [6, 6.07) is 1.93. The molecule has 0 fully saturated rings. The van der Waals surface area contributed by atoms with E-state index in [0.29, 0.717) is 25.5 Å². The lowest BCUT2D eigenvalue weighted by atomic mass is 10.1. The van der Waals surface area contributed by atoms with E-state index in [1.54, 1.807) is 11.8 Å². The summed E-state index contributed by atoms with van der Waals surface area (Å²) >= 11 is 0. The van der Waals surface area contributed by atoms with Crippen LogP contribution in [-0.4, -0.2) is 57.4 Å². The molecule has 1 amide bonds. The number of rotatable bonds is 9. The van der Waals surface area contributed by atoms with Crippen molar-refractivity contribution in [3.8, 4) is 5.95 Å². The summed E-state index contributed by atoms with van der Waals surface area (Å²) in [7, 11) is 1.66. The predicted octanol–water partition coefficient (Wildman–Crippen LogP) is 2.71. The second-order valence-corrected chi connectivity index (χ2v) is 6.92. The highest BCUT2D eigenvalue weighted by atomic mass is 16.5. The molecule has 0 spiro atoms. The van der Waals surface area contributed by atoms with Gasteiger partial charge in [0.25, 0.3) is 5.95 Å². The Morgan fingerprint density at radius 3 is 2.41 bits per heavy atom. The van der Waals surface area contributed by atoms with Gasteiger partial charge in [-0.1, -0.05) is 13.3 Å². The lowest BCUT2D eigenvalue weighted by Gasteiger charge is -2.22. The third-order valence-electron chi connectivity index (χ3n) is 4.63. The highest BCUT2D eigenvalue weighted by Gasteiger charge is 2.20. The van der Waals surface area contributed by atoms with Crippen LogP contribution >= 0.6 is 0 Å². The molecule has 0 unspecified atom stereocenters. The first-order valence-corrected chi connectivity index (χ1v) is 9.51. The van der Waals surface area contributed by atoms with Crippen molar-refractivity contribution in [1.82, 2.24) is 24.6 Å². The molecule has 0 aliphatic carbocycles. The number of aromatic nitrogens is 4. The van der Waals surface area contributed by atoms with Crippen LogP contribution < -0.4 is 0 Å². The number of aryl methyl sites for hydroxylation is 3. The summed E-state index contributed by atoms with van der Waals surface area (Å²) < 4.78 is 6.90. The zero-order chi connectivity index (χ0) is 20.0. The maximum atomic E-state index is 12.9. The van der Waals surface area contributed by atoms with Crippen LogP contribution in [0.3, 0.4) is 0 Å². The van der Waals surface area contributed by atoms with Gasteiger partial charge < -0.3 is 9.64 Å². The van der Waals surface area contributed by atoms with E-state index < -0.39 is 0 Å². The van der Waals surface area contributed by atoms with Gasteiger partial charge in [-0.15, -0.1) is 0 Å². The molecule has 0 N–H and O–H groups in total. The lowest BCUT2D eigenvalue weighted by molar-refractivity contribution is -0.131. The largest absolute Gasteiger partial charge is 0.383 e. The highest BCUT2D eigenvalue weighted by Crippen LogP contribution is 2.18. The van der Waals surface area contributed by atoms with Crippen LogP contribution in [0.15, 0.2) is 6.07 Å². The minimum atomic E-state index is 0.104. The number of carbonyl (C=O) groups excluding carboxylic acids is 1. The van der Waals surface area contributed by atoms with Crippen LogP contribution in [0.5, 0.6) is 0 Å². The molecule has 2 aromatic rings. The molecular weight excluding hydrogens is 342 g/mol. The lowest BCUT2D eigenvalue weighted by Crippen LogP contribution is -2.36. The van der Waals surface area contributed by atoms with Crippen molar-refractivity contribution in [2.24, 2.45) is 0 Å². The minimum Gasteiger partial charge on any atom is -0.383 e. The number of unbranched alkanes of at least 4 members (excludes halogenated alkanes) is 1. The highest BCUT2D eigenvalue weighted by molar-refractivity contribution is 5.79. The standard InChI is InChI=1S/C20H31N5O2/c1-7-8-9-24(10-11-27-6)19(26)13-18-16(4)23-25(17(18)5)20-21-14(2)12-15(3)22-20/h12H,7-11,13H2,1-6H3. The number of methoxy groups -OCH3 is 1. The van der Waals surface area contributed by atoms with Crippen LogP contribution in [0.2, 0.25) is 0 Å². The summed E-state index contributed by atoms with van der Waals surface area (Å²) in [6.45, 7) is 11.8. The Hall–Kier alpha value is -2.28. The molecule has 27 heavy (non-hydrogen) atoms. The van der Waals surface area contributed by atoms with Crippen molar-refractivity contribution in [3.63, 3.8) is 0 Å². The topological polar surface area (TPSA) is 73.1 Å². The molecule has 0 atom stereocenters. The van der Waals surface area contributed by atoms with Crippen molar-refractivity contribution in [2.45, 2.75) is 53.9 Å². The van der Waals surface area contributed by atoms with Crippen LogP contribution in [0.1, 0.15) is 48.1 Å². The summed E-state index contributed by atoms with van der Waals surface area (Å²) in [5, 5.41) is 4.60. The van der Waals surface area contributed by atoms with Gasteiger partial charge in [-0.25, -0.2) is 14.6 Å². The molecule has 7 nitrogen and oxygen atoms in total. The molecule has 148 valence electrons. The molecule has 2 heterocycles. The fourth-order valence-electron chi connectivity index (χ4n) is 3.10. The third kappa shape index (κ3) is 5.35. The van der Waals surface area contributed by atoms with Crippen molar-refractivity contribution < 1.29 is 9.53 Å². The Bertz CT molecular complexity index is 757. The Labute approximate surface area is 161 Å². The number of ether oxygens (including phenoxy) is 1. The van der Waals surface area contributed by atoms with Gasteiger partial charge in [-0.3, -0.25) is 4.79 Å². The number of nitrogens with zero attached hydrogens (tertiary/aromatic N) is 5. The normalized spacial score (nSPS) is 11.0. The van der Waals surface area contributed by atoms with E-state index in [4.69, 9.17) is 4.74 Å².